The van der Waals surface area contributed by atoms with Gasteiger partial charge in [-0.1, -0.05) is 18.2 Å². The average molecular weight is 362 g/mol. The van der Waals surface area contributed by atoms with E-state index >= 15 is 0 Å². The van der Waals surface area contributed by atoms with E-state index in [0.29, 0.717) is 31.7 Å². The van der Waals surface area contributed by atoms with Crippen LogP contribution in [0.25, 0.3) is 0 Å². The van der Waals surface area contributed by atoms with Gasteiger partial charge in [0, 0.05) is 31.7 Å². The Kier molecular flexibility index (Phi) is 5.27. The van der Waals surface area contributed by atoms with Gasteiger partial charge in [0.15, 0.2) is 5.78 Å². The Morgan fingerprint density at radius 1 is 0.920 bits per heavy atom. The molecule has 1 fully saturated rings. The van der Waals surface area contributed by atoms with Gasteiger partial charge in [-0.3, -0.25) is 9.69 Å². The van der Waals surface area contributed by atoms with E-state index in [2.05, 4.69) is 0 Å². The third-order valence-corrected chi connectivity index (χ3v) is 6.16. The summed E-state index contributed by atoms with van der Waals surface area (Å²) in [5.41, 5.74) is 0.459. The van der Waals surface area contributed by atoms with Crippen molar-refractivity contribution in [3.63, 3.8) is 0 Å². The lowest BCUT2D eigenvalue weighted by atomic mass is 10.1. The number of ketones is 1. The van der Waals surface area contributed by atoms with E-state index < -0.39 is 10.0 Å². The van der Waals surface area contributed by atoms with Crippen LogP contribution in [0, 0.1) is 5.82 Å². The molecule has 3 rings (SSSR count). The van der Waals surface area contributed by atoms with Gasteiger partial charge in [-0.2, -0.15) is 4.31 Å². The summed E-state index contributed by atoms with van der Waals surface area (Å²) in [7, 11) is -3.49. The van der Waals surface area contributed by atoms with Gasteiger partial charge in [0.05, 0.1) is 11.4 Å². The van der Waals surface area contributed by atoms with E-state index in [1.54, 1.807) is 30.3 Å². The molecular formula is C18H19FN2O3S. The van der Waals surface area contributed by atoms with Crippen LogP contribution in [-0.2, 0) is 10.0 Å². The average Bonchev–Trinajstić information content (AvgIpc) is 2.63. The molecule has 0 spiro atoms. The highest BCUT2D eigenvalue weighted by atomic mass is 32.2. The summed E-state index contributed by atoms with van der Waals surface area (Å²) in [6, 6.07) is 13.8. The van der Waals surface area contributed by atoms with Crippen molar-refractivity contribution in [3.05, 3.63) is 66.0 Å². The molecule has 5 nitrogen and oxygen atoms in total. The Hall–Kier alpha value is -2.09. The van der Waals surface area contributed by atoms with Crippen molar-refractivity contribution >= 4 is 15.8 Å². The Balaban J connectivity index is 1.59. The maximum Gasteiger partial charge on any atom is 0.243 e. The summed E-state index contributed by atoms with van der Waals surface area (Å²) in [5.74, 6) is -0.476. The molecule has 1 heterocycles. The lowest BCUT2D eigenvalue weighted by molar-refractivity contribution is 0.0901. The molecule has 0 radical (unpaired) electrons. The fourth-order valence-corrected chi connectivity index (χ4v) is 4.24. The maximum atomic E-state index is 12.9. The van der Waals surface area contributed by atoms with E-state index in [-0.39, 0.29) is 23.0 Å². The van der Waals surface area contributed by atoms with E-state index in [1.165, 1.54) is 28.6 Å². The first-order chi connectivity index (χ1) is 12.0. The van der Waals surface area contributed by atoms with Crippen LogP contribution in [0.5, 0.6) is 0 Å². The number of benzene rings is 2. The minimum Gasteiger partial charge on any atom is -0.293 e. The van der Waals surface area contributed by atoms with Gasteiger partial charge in [0.2, 0.25) is 10.0 Å². The number of carbonyl (C=O) groups excluding carboxylic acids is 1. The number of hydrogen-bond acceptors (Lipinski definition) is 4. The molecule has 132 valence electrons. The van der Waals surface area contributed by atoms with Crippen LogP contribution < -0.4 is 0 Å². The molecule has 1 saturated heterocycles. The number of sulfonamides is 1. The van der Waals surface area contributed by atoms with Gasteiger partial charge in [-0.15, -0.1) is 0 Å². The van der Waals surface area contributed by atoms with Crippen LogP contribution in [0.1, 0.15) is 10.4 Å². The first kappa shape index (κ1) is 17.7. The second-order valence-corrected chi connectivity index (χ2v) is 7.86. The number of halogens is 1. The molecule has 1 aliphatic heterocycles. The summed E-state index contributed by atoms with van der Waals surface area (Å²) in [6.45, 7) is 1.85. The van der Waals surface area contributed by atoms with Gasteiger partial charge < -0.3 is 0 Å². The number of rotatable bonds is 5. The minimum atomic E-state index is -3.49. The van der Waals surface area contributed by atoms with E-state index in [9.17, 15) is 17.6 Å². The van der Waals surface area contributed by atoms with Crippen LogP contribution in [0.3, 0.4) is 0 Å². The highest BCUT2D eigenvalue weighted by molar-refractivity contribution is 7.89. The lowest BCUT2D eigenvalue weighted by Gasteiger charge is -2.33. The molecule has 25 heavy (non-hydrogen) atoms. The third kappa shape index (κ3) is 4.12. The summed E-state index contributed by atoms with van der Waals surface area (Å²) in [5, 5.41) is 0. The predicted molar refractivity (Wildman–Crippen MR) is 92.4 cm³/mol. The summed E-state index contributed by atoms with van der Waals surface area (Å²) >= 11 is 0. The van der Waals surface area contributed by atoms with Gasteiger partial charge in [-0.25, -0.2) is 12.8 Å². The largest absolute Gasteiger partial charge is 0.293 e. The number of Topliss-reactive ketones (excluding diaryl/α,β-unsaturated/α-hetero) is 1. The molecule has 1 aliphatic rings. The number of nitrogens with zero attached hydrogens (tertiary/aromatic N) is 2. The Bertz CT molecular complexity index is 830. The molecule has 0 N–H and O–H groups in total. The SMILES string of the molecule is O=C(CN1CCN(S(=O)(=O)c2ccccc2)CC1)c1ccc(F)cc1. The van der Waals surface area contributed by atoms with Crippen molar-refractivity contribution < 1.29 is 17.6 Å². The Morgan fingerprint density at radius 3 is 2.12 bits per heavy atom. The normalized spacial score (nSPS) is 16.7. The van der Waals surface area contributed by atoms with Crippen LogP contribution >= 0.6 is 0 Å². The van der Waals surface area contributed by atoms with Gasteiger partial charge in [0.25, 0.3) is 0 Å². The fraction of sp³-hybridized carbons (Fsp3) is 0.278. The van der Waals surface area contributed by atoms with Gasteiger partial charge >= 0.3 is 0 Å². The van der Waals surface area contributed by atoms with E-state index in [0.717, 1.165) is 0 Å². The van der Waals surface area contributed by atoms with Crippen LogP contribution in [0.2, 0.25) is 0 Å². The molecule has 2 aromatic carbocycles. The zero-order valence-corrected chi connectivity index (χ0v) is 14.5. The first-order valence-electron chi connectivity index (χ1n) is 8.03. The van der Waals surface area contributed by atoms with Gasteiger partial charge in [0.1, 0.15) is 5.82 Å². The fourth-order valence-electron chi connectivity index (χ4n) is 2.80. The minimum absolute atomic E-state index is 0.0978. The third-order valence-electron chi connectivity index (χ3n) is 4.25. The first-order valence-corrected chi connectivity index (χ1v) is 9.47. The summed E-state index contributed by atoms with van der Waals surface area (Å²) < 4.78 is 39.5. The van der Waals surface area contributed by atoms with Crippen molar-refractivity contribution in [1.29, 1.82) is 0 Å². The highest BCUT2D eigenvalue weighted by Gasteiger charge is 2.28. The van der Waals surface area contributed by atoms with Crippen molar-refractivity contribution in [2.75, 3.05) is 32.7 Å². The van der Waals surface area contributed by atoms with Crippen molar-refractivity contribution in [1.82, 2.24) is 9.21 Å². The van der Waals surface area contributed by atoms with Crippen LogP contribution in [0.4, 0.5) is 4.39 Å². The highest BCUT2D eigenvalue weighted by Crippen LogP contribution is 2.17. The maximum absolute atomic E-state index is 12.9. The molecule has 0 bridgehead atoms. The molecule has 0 atom stereocenters. The standard InChI is InChI=1S/C18H19FN2O3S/c19-16-8-6-15(7-9-16)18(22)14-20-10-12-21(13-11-20)25(23,24)17-4-2-1-3-5-17/h1-9H,10-14H2. The van der Waals surface area contributed by atoms with E-state index in [4.69, 9.17) is 0 Å². The number of piperazine rings is 1. The molecule has 0 unspecified atom stereocenters. The molecule has 7 heteroatoms. The lowest BCUT2D eigenvalue weighted by Crippen LogP contribution is -2.49. The summed E-state index contributed by atoms with van der Waals surface area (Å²) in [6.07, 6.45) is 0. The number of hydrogen-bond donors (Lipinski definition) is 0. The van der Waals surface area contributed by atoms with E-state index in [1.807, 2.05) is 4.90 Å². The van der Waals surface area contributed by atoms with Crippen molar-refractivity contribution in [3.8, 4) is 0 Å². The Labute approximate surface area is 146 Å². The molecule has 0 saturated carbocycles. The van der Waals surface area contributed by atoms with Crippen LogP contribution in [-0.4, -0.2) is 56.1 Å². The van der Waals surface area contributed by atoms with Crippen molar-refractivity contribution in [2.45, 2.75) is 4.90 Å². The number of carbonyl (C=O) groups is 1. The zero-order chi connectivity index (χ0) is 17.9. The predicted octanol–water partition coefficient (Wildman–Crippen LogP) is 2.01. The topological polar surface area (TPSA) is 57.7 Å². The second-order valence-electron chi connectivity index (χ2n) is 5.92. The molecule has 0 aromatic heterocycles. The smallest absolute Gasteiger partial charge is 0.243 e. The molecular weight excluding hydrogens is 343 g/mol. The summed E-state index contributed by atoms with van der Waals surface area (Å²) in [4.78, 5) is 14.4. The molecule has 0 amide bonds. The zero-order valence-electron chi connectivity index (χ0n) is 13.6. The van der Waals surface area contributed by atoms with Crippen LogP contribution in [0.15, 0.2) is 59.5 Å². The molecule has 2 aromatic rings. The van der Waals surface area contributed by atoms with Crippen molar-refractivity contribution in [2.24, 2.45) is 0 Å². The monoisotopic (exact) mass is 362 g/mol. The van der Waals surface area contributed by atoms with Gasteiger partial charge in [-0.05, 0) is 36.4 Å². The second kappa shape index (κ2) is 7.43. The Morgan fingerprint density at radius 2 is 1.52 bits per heavy atom. The quantitative estimate of drug-likeness (QED) is 0.764. The molecule has 0 aliphatic carbocycles.